The number of ether oxygens (including phenoxy) is 1. The fourth-order valence-corrected chi connectivity index (χ4v) is 2.33. The van der Waals surface area contributed by atoms with Crippen LogP contribution in [-0.2, 0) is 6.42 Å². The summed E-state index contributed by atoms with van der Waals surface area (Å²) in [4.78, 5) is 0. The second-order valence-corrected chi connectivity index (χ2v) is 4.93. The van der Waals surface area contributed by atoms with Crippen LogP contribution in [0.15, 0.2) is 54.6 Å². The van der Waals surface area contributed by atoms with Crippen LogP contribution in [0.2, 0.25) is 0 Å². The molecule has 100 valence electrons. The van der Waals surface area contributed by atoms with E-state index < -0.39 is 0 Å². The summed E-state index contributed by atoms with van der Waals surface area (Å²) >= 11 is 0. The number of hydrogen-bond donors (Lipinski definition) is 1. The first-order chi connectivity index (χ1) is 9.20. The molecule has 2 rings (SSSR count). The van der Waals surface area contributed by atoms with Crippen molar-refractivity contribution in [2.24, 2.45) is 5.73 Å². The van der Waals surface area contributed by atoms with Crippen LogP contribution in [0.4, 0.5) is 0 Å². The van der Waals surface area contributed by atoms with E-state index in [-0.39, 0.29) is 6.04 Å². The number of benzene rings is 2. The zero-order valence-corrected chi connectivity index (χ0v) is 11.5. The van der Waals surface area contributed by atoms with Crippen molar-refractivity contribution in [1.82, 2.24) is 0 Å². The van der Waals surface area contributed by atoms with Crippen LogP contribution in [0.3, 0.4) is 0 Å². The minimum Gasteiger partial charge on any atom is -0.497 e. The Morgan fingerprint density at radius 1 is 1.00 bits per heavy atom. The van der Waals surface area contributed by atoms with Gasteiger partial charge in [-0.25, -0.2) is 0 Å². The number of rotatable bonds is 5. The maximum Gasteiger partial charge on any atom is 0.118 e. The van der Waals surface area contributed by atoms with E-state index in [9.17, 15) is 0 Å². The van der Waals surface area contributed by atoms with Gasteiger partial charge in [-0.1, -0.05) is 42.5 Å². The third-order valence-electron chi connectivity index (χ3n) is 3.48. The molecular weight excluding hydrogens is 234 g/mol. The normalized spacial score (nSPS) is 13.8. The van der Waals surface area contributed by atoms with Gasteiger partial charge >= 0.3 is 0 Å². The van der Waals surface area contributed by atoms with Crippen molar-refractivity contribution in [3.63, 3.8) is 0 Å². The van der Waals surface area contributed by atoms with Crippen molar-refractivity contribution in [2.45, 2.75) is 25.3 Å². The maximum absolute atomic E-state index is 6.16. The highest BCUT2D eigenvalue weighted by Crippen LogP contribution is 2.25. The van der Waals surface area contributed by atoms with E-state index in [4.69, 9.17) is 10.5 Å². The van der Waals surface area contributed by atoms with Gasteiger partial charge in [0.15, 0.2) is 0 Å². The zero-order valence-electron chi connectivity index (χ0n) is 11.5. The van der Waals surface area contributed by atoms with E-state index in [0.717, 1.165) is 12.2 Å². The van der Waals surface area contributed by atoms with Crippen molar-refractivity contribution < 1.29 is 4.74 Å². The minimum absolute atomic E-state index is 0.119. The average molecular weight is 255 g/mol. The Balaban J connectivity index is 2.19. The minimum atomic E-state index is 0.119. The molecule has 0 aliphatic rings. The molecule has 19 heavy (non-hydrogen) atoms. The van der Waals surface area contributed by atoms with Crippen LogP contribution >= 0.6 is 0 Å². The molecule has 2 atom stereocenters. The predicted octanol–water partition coefficient (Wildman–Crippen LogP) is 3.37. The highest BCUT2D eigenvalue weighted by atomic mass is 16.5. The van der Waals surface area contributed by atoms with Crippen LogP contribution < -0.4 is 10.5 Å². The maximum atomic E-state index is 6.16. The number of nitrogens with two attached hydrogens (primary N) is 1. The van der Waals surface area contributed by atoms with E-state index in [0.29, 0.717) is 5.92 Å². The molecule has 0 spiro atoms. The zero-order chi connectivity index (χ0) is 13.7. The van der Waals surface area contributed by atoms with Crippen LogP contribution in [0.5, 0.6) is 5.75 Å². The van der Waals surface area contributed by atoms with Gasteiger partial charge in [0.2, 0.25) is 0 Å². The molecule has 0 saturated carbocycles. The Hall–Kier alpha value is -1.80. The molecule has 0 aromatic heterocycles. The van der Waals surface area contributed by atoms with Gasteiger partial charge in [0.05, 0.1) is 7.11 Å². The standard InChI is InChI=1S/C17H21NO/c1-13(18)17(12-14-6-4-3-5-7-14)15-8-10-16(19-2)11-9-15/h3-11,13,17H,12,18H2,1-2H3/t13-,17-/m0/s1. The van der Waals surface area contributed by atoms with Gasteiger partial charge < -0.3 is 10.5 Å². The highest BCUT2D eigenvalue weighted by molar-refractivity contribution is 5.31. The molecule has 0 unspecified atom stereocenters. The van der Waals surface area contributed by atoms with Gasteiger partial charge in [0.1, 0.15) is 5.75 Å². The molecule has 0 amide bonds. The predicted molar refractivity (Wildman–Crippen MR) is 79.5 cm³/mol. The van der Waals surface area contributed by atoms with Gasteiger partial charge in [0, 0.05) is 12.0 Å². The third-order valence-corrected chi connectivity index (χ3v) is 3.48. The SMILES string of the molecule is COc1ccc([C@@H](Cc2ccccc2)[C@H](C)N)cc1. The molecule has 2 nitrogen and oxygen atoms in total. The molecule has 0 heterocycles. The Morgan fingerprint density at radius 2 is 1.63 bits per heavy atom. The Morgan fingerprint density at radius 3 is 2.16 bits per heavy atom. The summed E-state index contributed by atoms with van der Waals surface area (Å²) in [5.74, 6) is 1.21. The van der Waals surface area contributed by atoms with Crippen molar-refractivity contribution in [1.29, 1.82) is 0 Å². The summed E-state index contributed by atoms with van der Waals surface area (Å²) in [7, 11) is 1.68. The van der Waals surface area contributed by atoms with Crippen LogP contribution in [-0.4, -0.2) is 13.2 Å². The lowest BCUT2D eigenvalue weighted by atomic mass is 9.87. The van der Waals surface area contributed by atoms with E-state index in [2.05, 4.69) is 43.3 Å². The van der Waals surface area contributed by atoms with Crippen molar-refractivity contribution >= 4 is 0 Å². The second-order valence-electron chi connectivity index (χ2n) is 4.93. The van der Waals surface area contributed by atoms with Crippen LogP contribution in [0, 0.1) is 0 Å². The monoisotopic (exact) mass is 255 g/mol. The first-order valence-electron chi connectivity index (χ1n) is 6.64. The van der Waals surface area contributed by atoms with Crippen molar-refractivity contribution in [3.8, 4) is 5.75 Å². The molecule has 2 aromatic carbocycles. The van der Waals surface area contributed by atoms with Crippen LogP contribution in [0.1, 0.15) is 24.0 Å². The van der Waals surface area contributed by atoms with Crippen molar-refractivity contribution in [2.75, 3.05) is 7.11 Å². The fraction of sp³-hybridized carbons (Fsp3) is 0.294. The lowest BCUT2D eigenvalue weighted by Gasteiger charge is -2.21. The highest BCUT2D eigenvalue weighted by Gasteiger charge is 2.16. The van der Waals surface area contributed by atoms with Gasteiger partial charge in [-0.3, -0.25) is 0 Å². The quantitative estimate of drug-likeness (QED) is 0.889. The molecular formula is C17H21NO. The fourth-order valence-electron chi connectivity index (χ4n) is 2.33. The summed E-state index contributed by atoms with van der Waals surface area (Å²) < 4.78 is 5.20. The summed E-state index contributed by atoms with van der Waals surface area (Å²) in [6.45, 7) is 2.07. The second kappa shape index (κ2) is 6.39. The molecule has 0 bridgehead atoms. The van der Waals surface area contributed by atoms with E-state index in [1.165, 1.54) is 11.1 Å². The van der Waals surface area contributed by atoms with E-state index >= 15 is 0 Å². The van der Waals surface area contributed by atoms with Crippen LogP contribution in [0.25, 0.3) is 0 Å². The van der Waals surface area contributed by atoms with E-state index in [1.54, 1.807) is 7.11 Å². The van der Waals surface area contributed by atoms with Gasteiger partial charge in [-0.15, -0.1) is 0 Å². The average Bonchev–Trinajstić information content (AvgIpc) is 2.46. The number of methoxy groups -OCH3 is 1. The smallest absolute Gasteiger partial charge is 0.118 e. The van der Waals surface area contributed by atoms with E-state index in [1.807, 2.05) is 18.2 Å². The Kier molecular flexibility index (Phi) is 4.58. The van der Waals surface area contributed by atoms with Crippen molar-refractivity contribution in [3.05, 3.63) is 65.7 Å². The molecule has 2 aromatic rings. The molecule has 0 fully saturated rings. The summed E-state index contributed by atoms with van der Waals surface area (Å²) in [6.07, 6.45) is 0.963. The molecule has 0 radical (unpaired) electrons. The third kappa shape index (κ3) is 3.58. The van der Waals surface area contributed by atoms with Gasteiger partial charge in [-0.05, 0) is 36.6 Å². The Labute approximate surface area is 115 Å². The molecule has 2 N–H and O–H groups in total. The topological polar surface area (TPSA) is 35.2 Å². The summed E-state index contributed by atoms with van der Waals surface area (Å²) in [5, 5.41) is 0. The largest absolute Gasteiger partial charge is 0.497 e. The summed E-state index contributed by atoms with van der Waals surface area (Å²) in [6, 6.07) is 18.8. The molecule has 0 aliphatic heterocycles. The molecule has 2 heteroatoms. The summed E-state index contributed by atoms with van der Waals surface area (Å²) in [5.41, 5.74) is 8.74. The first kappa shape index (κ1) is 13.6. The lowest BCUT2D eigenvalue weighted by molar-refractivity contribution is 0.414. The Bertz CT molecular complexity index is 490. The van der Waals surface area contributed by atoms with Gasteiger partial charge in [-0.2, -0.15) is 0 Å². The molecule has 0 aliphatic carbocycles. The molecule has 0 saturated heterocycles. The van der Waals surface area contributed by atoms with Gasteiger partial charge in [0.25, 0.3) is 0 Å². The number of hydrogen-bond acceptors (Lipinski definition) is 2. The first-order valence-corrected chi connectivity index (χ1v) is 6.64. The lowest BCUT2D eigenvalue weighted by Crippen LogP contribution is -2.26.